The Labute approximate surface area is 150 Å². The van der Waals surface area contributed by atoms with Crippen molar-refractivity contribution in [2.45, 2.75) is 13.5 Å². The maximum absolute atomic E-state index is 12.7. The lowest BCUT2D eigenvalue weighted by Gasteiger charge is -2.07. The quantitative estimate of drug-likeness (QED) is 0.678. The van der Waals surface area contributed by atoms with Gasteiger partial charge in [0.2, 0.25) is 0 Å². The topological polar surface area (TPSA) is 77.8 Å². The summed E-state index contributed by atoms with van der Waals surface area (Å²) in [6, 6.07) is 14.0. The van der Waals surface area contributed by atoms with Crippen LogP contribution >= 0.6 is 0 Å². The summed E-state index contributed by atoms with van der Waals surface area (Å²) >= 11 is 0. The number of nitrogens with one attached hydrogen (secondary N) is 1. The van der Waals surface area contributed by atoms with Crippen molar-refractivity contribution in [3.05, 3.63) is 65.4 Å². The average molecular weight is 353 g/mol. The van der Waals surface area contributed by atoms with Crippen LogP contribution in [0, 0.1) is 0 Å². The van der Waals surface area contributed by atoms with E-state index in [1.807, 2.05) is 18.2 Å². The summed E-state index contributed by atoms with van der Waals surface area (Å²) in [4.78, 5) is 24.5. The molecule has 0 unspecified atom stereocenters. The summed E-state index contributed by atoms with van der Waals surface area (Å²) in [6.45, 7) is 2.28. The second-order valence-electron chi connectivity index (χ2n) is 5.59. The summed E-state index contributed by atoms with van der Waals surface area (Å²) in [6.07, 6.45) is 0. The normalized spacial score (nSPS) is 10.7. The number of amides is 1. The summed E-state index contributed by atoms with van der Waals surface area (Å²) < 4.78 is 15.9. The van der Waals surface area contributed by atoms with Crippen molar-refractivity contribution < 1.29 is 23.5 Å². The molecule has 0 bridgehead atoms. The number of methoxy groups -OCH3 is 1. The lowest BCUT2D eigenvalue weighted by molar-refractivity contribution is 0.0526. The van der Waals surface area contributed by atoms with E-state index in [9.17, 15) is 9.59 Å². The molecule has 3 aromatic rings. The van der Waals surface area contributed by atoms with Gasteiger partial charge < -0.3 is 19.2 Å². The molecule has 6 heteroatoms. The molecule has 0 spiro atoms. The minimum absolute atomic E-state index is 0.189. The molecule has 0 saturated heterocycles. The Bertz CT molecular complexity index is 944. The fraction of sp³-hybridized carbons (Fsp3) is 0.200. The SMILES string of the molecule is CCOC(=O)c1cccc(NC(=O)c2oc3ccccc3c2COC)c1. The van der Waals surface area contributed by atoms with Crippen LogP contribution in [0.15, 0.2) is 52.9 Å². The van der Waals surface area contributed by atoms with Gasteiger partial charge in [-0.25, -0.2) is 4.79 Å². The van der Waals surface area contributed by atoms with Gasteiger partial charge in [-0.3, -0.25) is 4.79 Å². The van der Waals surface area contributed by atoms with E-state index in [0.29, 0.717) is 22.4 Å². The Kier molecular flexibility index (Phi) is 5.34. The molecule has 1 amide bonds. The molecule has 0 radical (unpaired) electrons. The van der Waals surface area contributed by atoms with Crippen molar-refractivity contribution in [3.8, 4) is 0 Å². The lowest BCUT2D eigenvalue weighted by Crippen LogP contribution is -2.14. The van der Waals surface area contributed by atoms with Crippen LogP contribution < -0.4 is 5.32 Å². The van der Waals surface area contributed by atoms with Crippen LogP contribution in [0.5, 0.6) is 0 Å². The molecule has 0 fully saturated rings. The zero-order valence-electron chi connectivity index (χ0n) is 14.6. The fourth-order valence-corrected chi connectivity index (χ4v) is 2.70. The van der Waals surface area contributed by atoms with E-state index in [4.69, 9.17) is 13.9 Å². The maximum Gasteiger partial charge on any atom is 0.338 e. The van der Waals surface area contributed by atoms with Gasteiger partial charge in [0.15, 0.2) is 5.76 Å². The van der Waals surface area contributed by atoms with Gasteiger partial charge in [0.05, 0.1) is 18.8 Å². The van der Waals surface area contributed by atoms with Crippen LogP contribution in [0.1, 0.15) is 33.4 Å². The molecule has 0 aliphatic heterocycles. The van der Waals surface area contributed by atoms with E-state index >= 15 is 0 Å². The summed E-state index contributed by atoms with van der Waals surface area (Å²) in [7, 11) is 1.56. The number of para-hydroxylation sites is 1. The number of rotatable bonds is 6. The fourth-order valence-electron chi connectivity index (χ4n) is 2.70. The molecule has 1 N–H and O–H groups in total. The number of carbonyl (C=O) groups excluding carboxylic acids is 2. The number of anilines is 1. The van der Waals surface area contributed by atoms with E-state index in [0.717, 1.165) is 5.39 Å². The molecule has 6 nitrogen and oxygen atoms in total. The number of benzene rings is 2. The van der Waals surface area contributed by atoms with Gasteiger partial charge in [-0.1, -0.05) is 24.3 Å². The summed E-state index contributed by atoms with van der Waals surface area (Å²) in [5.41, 5.74) is 2.14. The number of furan rings is 1. The van der Waals surface area contributed by atoms with Gasteiger partial charge >= 0.3 is 5.97 Å². The molecule has 134 valence electrons. The molecule has 0 saturated carbocycles. The van der Waals surface area contributed by atoms with Crippen LogP contribution in [0.2, 0.25) is 0 Å². The van der Waals surface area contributed by atoms with Gasteiger partial charge in [-0.15, -0.1) is 0 Å². The highest BCUT2D eigenvalue weighted by atomic mass is 16.5. The number of fused-ring (bicyclic) bond motifs is 1. The number of hydrogen-bond donors (Lipinski definition) is 1. The Hall–Kier alpha value is -3.12. The Morgan fingerprint density at radius 3 is 2.69 bits per heavy atom. The number of hydrogen-bond acceptors (Lipinski definition) is 5. The molecule has 0 aliphatic rings. The van der Waals surface area contributed by atoms with E-state index in [2.05, 4.69) is 5.32 Å². The predicted octanol–water partition coefficient (Wildman–Crippen LogP) is 4.01. The van der Waals surface area contributed by atoms with Gasteiger partial charge in [-0.05, 0) is 31.2 Å². The van der Waals surface area contributed by atoms with Crippen molar-refractivity contribution in [2.24, 2.45) is 0 Å². The predicted molar refractivity (Wildman–Crippen MR) is 97.3 cm³/mol. The van der Waals surface area contributed by atoms with Crippen LogP contribution in [0.25, 0.3) is 11.0 Å². The average Bonchev–Trinajstić information content (AvgIpc) is 3.01. The minimum atomic E-state index is -0.438. The molecule has 26 heavy (non-hydrogen) atoms. The van der Waals surface area contributed by atoms with Crippen LogP contribution in [0.4, 0.5) is 5.69 Å². The third-order valence-corrected chi connectivity index (χ3v) is 3.82. The highest BCUT2D eigenvalue weighted by Crippen LogP contribution is 2.27. The maximum atomic E-state index is 12.7. The Morgan fingerprint density at radius 1 is 1.12 bits per heavy atom. The molecular weight excluding hydrogens is 334 g/mol. The molecule has 0 atom stereocenters. The van der Waals surface area contributed by atoms with Crippen LogP contribution in [-0.4, -0.2) is 25.6 Å². The van der Waals surface area contributed by atoms with E-state index in [1.165, 1.54) is 0 Å². The number of carbonyl (C=O) groups is 2. The second kappa shape index (κ2) is 7.84. The van der Waals surface area contributed by atoms with Gasteiger partial charge in [0.1, 0.15) is 5.58 Å². The van der Waals surface area contributed by atoms with Gasteiger partial charge in [0.25, 0.3) is 5.91 Å². The Balaban J connectivity index is 1.89. The Morgan fingerprint density at radius 2 is 1.92 bits per heavy atom. The molecule has 2 aromatic carbocycles. The monoisotopic (exact) mass is 353 g/mol. The van der Waals surface area contributed by atoms with Crippen molar-refractivity contribution in [1.82, 2.24) is 0 Å². The largest absolute Gasteiger partial charge is 0.462 e. The molecule has 1 heterocycles. The van der Waals surface area contributed by atoms with Crippen molar-refractivity contribution in [2.75, 3.05) is 19.0 Å². The first-order valence-corrected chi connectivity index (χ1v) is 8.22. The minimum Gasteiger partial charge on any atom is -0.462 e. The second-order valence-corrected chi connectivity index (χ2v) is 5.59. The highest BCUT2D eigenvalue weighted by molar-refractivity contribution is 6.07. The van der Waals surface area contributed by atoms with E-state index in [-0.39, 0.29) is 19.0 Å². The number of ether oxygens (including phenoxy) is 2. The van der Waals surface area contributed by atoms with Gasteiger partial charge in [0, 0.05) is 23.7 Å². The third kappa shape index (κ3) is 3.60. The zero-order chi connectivity index (χ0) is 18.5. The van der Waals surface area contributed by atoms with Gasteiger partial charge in [-0.2, -0.15) is 0 Å². The zero-order valence-corrected chi connectivity index (χ0v) is 14.6. The first-order chi connectivity index (χ1) is 12.6. The van der Waals surface area contributed by atoms with E-state index in [1.54, 1.807) is 44.4 Å². The highest BCUT2D eigenvalue weighted by Gasteiger charge is 2.20. The van der Waals surface area contributed by atoms with Crippen molar-refractivity contribution >= 4 is 28.5 Å². The first kappa shape index (κ1) is 17.7. The summed E-state index contributed by atoms with van der Waals surface area (Å²) in [5, 5.41) is 3.59. The lowest BCUT2D eigenvalue weighted by atomic mass is 10.1. The molecule has 1 aromatic heterocycles. The molecular formula is C20H19NO5. The summed E-state index contributed by atoms with van der Waals surface area (Å²) in [5.74, 6) is -0.656. The standard InChI is InChI=1S/C20H19NO5/c1-3-25-20(23)13-7-6-8-14(11-13)21-19(22)18-16(12-24-2)15-9-4-5-10-17(15)26-18/h4-11H,3,12H2,1-2H3,(H,21,22). The van der Waals surface area contributed by atoms with Crippen LogP contribution in [-0.2, 0) is 16.1 Å². The molecule has 3 rings (SSSR count). The van der Waals surface area contributed by atoms with Crippen LogP contribution in [0.3, 0.4) is 0 Å². The first-order valence-electron chi connectivity index (χ1n) is 8.22. The number of esters is 1. The van der Waals surface area contributed by atoms with Crippen molar-refractivity contribution in [1.29, 1.82) is 0 Å². The smallest absolute Gasteiger partial charge is 0.338 e. The van der Waals surface area contributed by atoms with Crippen molar-refractivity contribution in [3.63, 3.8) is 0 Å². The third-order valence-electron chi connectivity index (χ3n) is 3.82. The van der Waals surface area contributed by atoms with E-state index < -0.39 is 11.9 Å². The molecule has 0 aliphatic carbocycles.